The van der Waals surface area contributed by atoms with Gasteiger partial charge in [0.1, 0.15) is 5.76 Å². The first-order valence-corrected chi connectivity index (χ1v) is 10.7. The highest BCUT2D eigenvalue weighted by Crippen LogP contribution is 2.23. The van der Waals surface area contributed by atoms with E-state index in [1.807, 2.05) is 44.3 Å². The zero-order chi connectivity index (χ0) is 20.9. The first kappa shape index (κ1) is 20.2. The lowest BCUT2D eigenvalue weighted by atomic mass is 10.1. The van der Waals surface area contributed by atoms with Crippen LogP contribution in [0.5, 0.6) is 0 Å². The Bertz CT molecular complexity index is 973. The van der Waals surface area contributed by atoms with Crippen LogP contribution >= 0.6 is 0 Å². The molecule has 2 heterocycles. The highest BCUT2D eigenvalue weighted by atomic mass is 16.4. The predicted octanol–water partition coefficient (Wildman–Crippen LogP) is 4.84. The average Bonchev–Trinajstić information content (AvgIpc) is 3.15. The summed E-state index contributed by atoms with van der Waals surface area (Å²) >= 11 is 0. The summed E-state index contributed by atoms with van der Waals surface area (Å²) in [5.41, 5.74) is 4.03. The van der Waals surface area contributed by atoms with Crippen molar-refractivity contribution in [1.82, 2.24) is 9.88 Å². The Hall–Kier alpha value is -3.08. The van der Waals surface area contributed by atoms with Crippen molar-refractivity contribution < 1.29 is 9.21 Å². The van der Waals surface area contributed by atoms with Crippen LogP contribution in [-0.2, 0) is 17.8 Å². The fourth-order valence-electron chi connectivity index (χ4n) is 3.90. The molecule has 1 amide bonds. The molecule has 0 N–H and O–H groups in total. The molecule has 1 aliphatic heterocycles. The van der Waals surface area contributed by atoms with Crippen molar-refractivity contribution in [3.63, 3.8) is 0 Å². The number of likely N-dealkylation sites (N-methyl/N-ethyl adjacent to an activating group) is 1. The lowest BCUT2D eigenvalue weighted by Gasteiger charge is -2.29. The van der Waals surface area contributed by atoms with E-state index >= 15 is 0 Å². The number of oxazole rings is 1. The van der Waals surface area contributed by atoms with Crippen LogP contribution < -0.4 is 4.90 Å². The second-order valence-electron chi connectivity index (χ2n) is 8.03. The normalized spacial score (nSPS) is 14.0. The summed E-state index contributed by atoms with van der Waals surface area (Å²) < 4.78 is 5.78. The van der Waals surface area contributed by atoms with Gasteiger partial charge in [0.15, 0.2) is 0 Å². The molecule has 0 aliphatic carbocycles. The van der Waals surface area contributed by atoms with Gasteiger partial charge in [0.05, 0.1) is 12.1 Å². The topological polar surface area (TPSA) is 49.6 Å². The number of benzene rings is 2. The van der Waals surface area contributed by atoms with E-state index in [4.69, 9.17) is 4.42 Å². The maximum Gasteiger partial charge on any atom is 0.228 e. The molecule has 4 rings (SSSR count). The van der Waals surface area contributed by atoms with E-state index in [0.717, 1.165) is 24.2 Å². The third-order valence-corrected chi connectivity index (χ3v) is 5.74. The van der Waals surface area contributed by atoms with Crippen molar-refractivity contribution >= 4 is 11.6 Å². The van der Waals surface area contributed by atoms with Gasteiger partial charge in [0.2, 0.25) is 11.8 Å². The smallest absolute Gasteiger partial charge is 0.228 e. The second-order valence-corrected chi connectivity index (χ2v) is 8.03. The quantitative estimate of drug-likeness (QED) is 0.591. The number of carbonyl (C=O) groups is 1. The molecule has 0 radical (unpaired) electrons. The molecular formula is C25H29N3O2. The van der Waals surface area contributed by atoms with E-state index in [9.17, 15) is 4.79 Å². The zero-order valence-corrected chi connectivity index (χ0v) is 17.8. The molecule has 0 bridgehead atoms. The Morgan fingerprint density at radius 2 is 1.73 bits per heavy atom. The number of aryl methyl sites for hydroxylation is 1. The Morgan fingerprint density at radius 3 is 2.43 bits per heavy atom. The number of nitrogens with zero attached hydrogens (tertiary/aromatic N) is 3. The Balaban J connectivity index is 1.36. The largest absolute Gasteiger partial charge is 0.441 e. The van der Waals surface area contributed by atoms with Crippen LogP contribution in [0, 0.1) is 6.92 Å². The summed E-state index contributed by atoms with van der Waals surface area (Å²) in [7, 11) is 1.84. The van der Waals surface area contributed by atoms with Gasteiger partial charge in [-0.05, 0) is 56.0 Å². The number of rotatable bonds is 6. The van der Waals surface area contributed by atoms with Crippen molar-refractivity contribution in [3.05, 3.63) is 71.6 Å². The van der Waals surface area contributed by atoms with E-state index in [-0.39, 0.29) is 12.3 Å². The van der Waals surface area contributed by atoms with Gasteiger partial charge < -0.3 is 14.2 Å². The second kappa shape index (κ2) is 9.16. The van der Waals surface area contributed by atoms with Crippen molar-refractivity contribution in [2.24, 2.45) is 0 Å². The van der Waals surface area contributed by atoms with Gasteiger partial charge in [-0.1, -0.05) is 30.3 Å². The fraction of sp³-hybridized carbons (Fsp3) is 0.360. The van der Waals surface area contributed by atoms with Crippen LogP contribution in [0.2, 0.25) is 0 Å². The molecule has 3 aromatic rings. The molecule has 1 saturated heterocycles. The number of hydrogen-bond donors (Lipinski definition) is 0. The molecule has 30 heavy (non-hydrogen) atoms. The number of anilines is 1. The van der Waals surface area contributed by atoms with Gasteiger partial charge in [-0.15, -0.1) is 0 Å². The van der Waals surface area contributed by atoms with Crippen LogP contribution in [0.15, 0.2) is 59.0 Å². The van der Waals surface area contributed by atoms with Crippen LogP contribution in [0.1, 0.15) is 36.3 Å². The van der Waals surface area contributed by atoms with E-state index in [1.54, 1.807) is 4.90 Å². The van der Waals surface area contributed by atoms with Crippen molar-refractivity contribution in [3.8, 4) is 11.5 Å². The summed E-state index contributed by atoms with van der Waals surface area (Å²) in [4.78, 5) is 21.5. The average molecular weight is 404 g/mol. The molecule has 156 valence electrons. The maximum absolute atomic E-state index is 12.8. The van der Waals surface area contributed by atoms with Crippen molar-refractivity contribution in [2.75, 3.05) is 25.0 Å². The first-order chi connectivity index (χ1) is 14.6. The minimum absolute atomic E-state index is 0.0334. The third-order valence-electron chi connectivity index (χ3n) is 5.74. The molecule has 5 nitrogen and oxygen atoms in total. The molecule has 0 spiro atoms. The first-order valence-electron chi connectivity index (χ1n) is 10.7. The minimum atomic E-state index is 0.0334. The van der Waals surface area contributed by atoms with Crippen LogP contribution in [-0.4, -0.2) is 35.9 Å². The van der Waals surface area contributed by atoms with Gasteiger partial charge in [0, 0.05) is 37.9 Å². The molecule has 1 aromatic heterocycles. The van der Waals surface area contributed by atoms with Crippen molar-refractivity contribution in [2.45, 2.75) is 39.2 Å². The van der Waals surface area contributed by atoms with Crippen LogP contribution in [0.25, 0.3) is 11.5 Å². The van der Waals surface area contributed by atoms with Gasteiger partial charge in [-0.2, -0.15) is 0 Å². The Kier molecular flexibility index (Phi) is 6.17. The molecule has 5 heteroatoms. The lowest BCUT2D eigenvalue weighted by Crippen LogP contribution is -2.29. The Morgan fingerprint density at radius 1 is 1.03 bits per heavy atom. The molecule has 0 unspecified atom stereocenters. The van der Waals surface area contributed by atoms with Crippen molar-refractivity contribution in [1.29, 1.82) is 0 Å². The summed E-state index contributed by atoms with van der Waals surface area (Å²) in [6.45, 7) is 4.72. The molecule has 2 aromatic carbocycles. The Labute approximate surface area is 178 Å². The number of amides is 1. The number of carbonyl (C=O) groups excluding carboxylic acids is 1. The summed E-state index contributed by atoms with van der Waals surface area (Å²) in [6.07, 6.45) is 4.11. The van der Waals surface area contributed by atoms with E-state index in [2.05, 4.69) is 34.1 Å². The molecule has 0 atom stereocenters. The number of hydrogen-bond acceptors (Lipinski definition) is 4. The number of piperidine rings is 1. The lowest BCUT2D eigenvalue weighted by molar-refractivity contribution is -0.129. The highest BCUT2D eigenvalue weighted by Gasteiger charge is 2.17. The maximum atomic E-state index is 12.8. The van der Waals surface area contributed by atoms with Gasteiger partial charge in [-0.3, -0.25) is 4.79 Å². The minimum Gasteiger partial charge on any atom is -0.441 e. The van der Waals surface area contributed by atoms with Gasteiger partial charge in [-0.25, -0.2) is 4.98 Å². The van der Waals surface area contributed by atoms with Crippen LogP contribution in [0.4, 0.5) is 5.69 Å². The summed E-state index contributed by atoms with van der Waals surface area (Å²) in [5, 5.41) is 0. The van der Waals surface area contributed by atoms with E-state index in [0.29, 0.717) is 23.9 Å². The van der Waals surface area contributed by atoms with E-state index in [1.165, 1.54) is 24.9 Å². The monoisotopic (exact) mass is 403 g/mol. The SMILES string of the molecule is Cc1oc(-c2ccccc2)nc1CC(=O)N(C)Cc1ccc(N2CCCCC2)cc1. The summed E-state index contributed by atoms with van der Waals surface area (Å²) in [6, 6.07) is 18.4. The molecule has 0 saturated carbocycles. The highest BCUT2D eigenvalue weighted by molar-refractivity contribution is 5.78. The standard InChI is InChI=1S/C25H29N3O2/c1-19-23(26-25(30-19)21-9-5-3-6-10-21)17-24(29)27(2)18-20-11-13-22(14-12-20)28-15-7-4-8-16-28/h3,5-6,9-14H,4,7-8,15-18H2,1-2H3. The zero-order valence-electron chi connectivity index (χ0n) is 17.8. The third kappa shape index (κ3) is 4.73. The molecular weight excluding hydrogens is 374 g/mol. The van der Waals surface area contributed by atoms with Crippen LogP contribution in [0.3, 0.4) is 0 Å². The molecule has 1 aliphatic rings. The van der Waals surface area contributed by atoms with E-state index < -0.39 is 0 Å². The molecule has 1 fully saturated rings. The predicted molar refractivity (Wildman–Crippen MR) is 119 cm³/mol. The number of aromatic nitrogens is 1. The van der Waals surface area contributed by atoms with Gasteiger partial charge >= 0.3 is 0 Å². The fourth-order valence-corrected chi connectivity index (χ4v) is 3.90. The van der Waals surface area contributed by atoms with Gasteiger partial charge in [0.25, 0.3) is 0 Å². The summed E-state index contributed by atoms with van der Waals surface area (Å²) in [5.74, 6) is 1.29.